The van der Waals surface area contributed by atoms with Crippen molar-refractivity contribution in [3.05, 3.63) is 58.4 Å². The van der Waals surface area contributed by atoms with Crippen LogP contribution in [-0.4, -0.2) is 38.8 Å². The van der Waals surface area contributed by atoms with E-state index in [1.54, 1.807) is 16.2 Å². The van der Waals surface area contributed by atoms with Crippen LogP contribution in [-0.2, 0) is 22.5 Å². The number of nitrogens with zero attached hydrogens (tertiary/aromatic N) is 3. The van der Waals surface area contributed by atoms with E-state index in [0.717, 1.165) is 16.1 Å². The first-order valence-electron chi connectivity index (χ1n) is 8.56. The summed E-state index contributed by atoms with van der Waals surface area (Å²) in [5.74, 6) is -0.556. The highest BCUT2D eigenvalue weighted by Gasteiger charge is 2.37. The highest BCUT2D eigenvalue weighted by Crippen LogP contribution is 2.27. The standard InChI is InChI=1S/C19H19N3O3S/c1-3-25-18(24)15-10-13-6-4-5-7-14(13)11-22(15)17(23)16-12(2)20-19-21(16)8-9-26-19/h4-9,15H,3,10-11H2,1-2H3. The SMILES string of the molecule is CCOC(=O)C1Cc2ccccc2CN1C(=O)c1c(C)nc2sccn12. The summed E-state index contributed by atoms with van der Waals surface area (Å²) in [5.41, 5.74) is 3.32. The van der Waals surface area contributed by atoms with Crippen molar-refractivity contribution in [1.82, 2.24) is 14.3 Å². The van der Waals surface area contributed by atoms with Gasteiger partial charge in [-0.3, -0.25) is 9.20 Å². The number of ether oxygens (including phenoxy) is 1. The number of benzene rings is 1. The van der Waals surface area contributed by atoms with Crippen LogP contribution in [0.25, 0.3) is 4.96 Å². The summed E-state index contributed by atoms with van der Waals surface area (Å²) >= 11 is 1.48. The first-order valence-corrected chi connectivity index (χ1v) is 9.44. The number of carbonyl (C=O) groups is 2. The Balaban J connectivity index is 1.76. The lowest BCUT2D eigenvalue weighted by Gasteiger charge is -2.35. The number of esters is 1. The van der Waals surface area contributed by atoms with Gasteiger partial charge >= 0.3 is 5.97 Å². The van der Waals surface area contributed by atoms with Crippen LogP contribution in [0.1, 0.15) is 34.2 Å². The monoisotopic (exact) mass is 369 g/mol. The van der Waals surface area contributed by atoms with Gasteiger partial charge in [-0.1, -0.05) is 24.3 Å². The Morgan fingerprint density at radius 2 is 2.08 bits per heavy atom. The molecule has 3 aromatic rings. The van der Waals surface area contributed by atoms with E-state index in [1.165, 1.54) is 11.3 Å². The number of aromatic nitrogens is 2. The number of rotatable bonds is 3. The first kappa shape index (κ1) is 16.8. The molecule has 0 saturated carbocycles. The maximum atomic E-state index is 13.4. The number of aryl methyl sites for hydroxylation is 1. The van der Waals surface area contributed by atoms with Crippen LogP contribution in [0.4, 0.5) is 0 Å². The van der Waals surface area contributed by atoms with E-state index in [-0.39, 0.29) is 11.9 Å². The third-order valence-electron chi connectivity index (χ3n) is 4.71. The van der Waals surface area contributed by atoms with Gasteiger partial charge in [0, 0.05) is 24.5 Å². The van der Waals surface area contributed by atoms with Gasteiger partial charge in [0.15, 0.2) is 4.96 Å². The van der Waals surface area contributed by atoms with Crippen molar-refractivity contribution in [1.29, 1.82) is 0 Å². The molecule has 0 aliphatic carbocycles. The molecule has 1 aliphatic heterocycles. The van der Waals surface area contributed by atoms with Crippen molar-refractivity contribution in [3.63, 3.8) is 0 Å². The molecule has 1 atom stereocenters. The molecule has 0 spiro atoms. The second-order valence-electron chi connectivity index (χ2n) is 6.28. The Morgan fingerprint density at radius 1 is 1.31 bits per heavy atom. The Bertz CT molecular complexity index is 991. The van der Waals surface area contributed by atoms with Gasteiger partial charge in [-0.2, -0.15) is 0 Å². The van der Waals surface area contributed by atoms with Gasteiger partial charge in [0.2, 0.25) is 0 Å². The van der Waals surface area contributed by atoms with Gasteiger partial charge < -0.3 is 9.64 Å². The summed E-state index contributed by atoms with van der Waals surface area (Å²) < 4.78 is 7.04. The van der Waals surface area contributed by atoms with Crippen LogP contribution in [0.3, 0.4) is 0 Å². The molecule has 0 saturated heterocycles. The predicted octanol–water partition coefficient (Wildman–Crippen LogP) is 2.83. The van der Waals surface area contributed by atoms with E-state index in [1.807, 2.05) is 42.8 Å². The van der Waals surface area contributed by atoms with Gasteiger partial charge in [0.25, 0.3) is 5.91 Å². The van der Waals surface area contributed by atoms with E-state index >= 15 is 0 Å². The van der Waals surface area contributed by atoms with Crippen LogP contribution in [0, 0.1) is 6.92 Å². The molecule has 1 unspecified atom stereocenters. The molecule has 0 bridgehead atoms. The highest BCUT2D eigenvalue weighted by molar-refractivity contribution is 7.15. The molecule has 7 heteroatoms. The van der Waals surface area contributed by atoms with Gasteiger partial charge in [-0.05, 0) is 25.0 Å². The zero-order chi connectivity index (χ0) is 18.3. The van der Waals surface area contributed by atoms with Crippen molar-refractivity contribution in [2.45, 2.75) is 32.9 Å². The summed E-state index contributed by atoms with van der Waals surface area (Å²) in [4.78, 5) is 32.8. The van der Waals surface area contributed by atoms with E-state index in [0.29, 0.717) is 31.0 Å². The van der Waals surface area contributed by atoms with Crippen molar-refractivity contribution in [2.75, 3.05) is 6.61 Å². The van der Waals surface area contributed by atoms with Crippen LogP contribution in [0.2, 0.25) is 0 Å². The van der Waals surface area contributed by atoms with E-state index in [2.05, 4.69) is 4.98 Å². The summed E-state index contributed by atoms with van der Waals surface area (Å²) in [7, 11) is 0. The van der Waals surface area contributed by atoms with Gasteiger partial charge in [-0.15, -0.1) is 11.3 Å². The fraction of sp³-hybridized carbons (Fsp3) is 0.316. The lowest BCUT2D eigenvalue weighted by atomic mass is 9.93. The average molecular weight is 369 g/mol. The molecule has 1 amide bonds. The van der Waals surface area contributed by atoms with Gasteiger partial charge in [0.1, 0.15) is 11.7 Å². The lowest BCUT2D eigenvalue weighted by Crippen LogP contribution is -2.49. The Hall–Kier alpha value is -2.67. The molecule has 0 fully saturated rings. The number of imidazole rings is 1. The average Bonchev–Trinajstić information content (AvgIpc) is 3.20. The quantitative estimate of drug-likeness (QED) is 0.666. The predicted molar refractivity (Wildman–Crippen MR) is 98.2 cm³/mol. The smallest absolute Gasteiger partial charge is 0.329 e. The minimum absolute atomic E-state index is 0.194. The highest BCUT2D eigenvalue weighted by atomic mass is 32.1. The molecule has 4 rings (SSSR count). The molecule has 1 aromatic carbocycles. The van der Waals surface area contributed by atoms with E-state index < -0.39 is 6.04 Å². The van der Waals surface area contributed by atoms with Crippen LogP contribution >= 0.6 is 11.3 Å². The summed E-state index contributed by atoms with van der Waals surface area (Å²) in [6.07, 6.45) is 2.30. The molecule has 6 nitrogen and oxygen atoms in total. The number of hydrogen-bond acceptors (Lipinski definition) is 5. The van der Waals surface area contributed by atoms with Crippen LogP contribution < -0.4 is 0 Å². The van der Waals surface area contributed by atoms with E-state index in [4.69, 9.17) is 4.74 Å². The summed E-state index contributed by atoms with van der Waals surface area (Å²) in [6.45, 7) is 4.27. The molecule has 2 aromatic heterocycles. The molecular weight excluding hydrogens is 350 g/mol. The largest absolute Gasteiger partial charge is 0.464 e. The number of hydrogen-bond donors (Lipinski definition) is 0. The van der Waals surface area contributed by atoms with Gasteiger partial charge in [-0.25, -0.2) is 9.78 Å². The fourth-order valence-corrected chi connectivity index (χ4v) is 4.23. The summed E-state index contributed by atoms with van der Waals surface area (Å²) in [5, 5.41) is 1.90. The number of amides is 1. The van der Waals surface area contributed by atoms with E-state index in [9.17, 15) is 9.59 Å². The van der Waals surface area contributed by atoms with Crippen molar-refractivity contribution in [2.24, 2.45) is 0 Å². The van der Waals surface area contributed by atoms with Crippen molar-refractivity contribution >= 4 is 28.2 Å². The topological polar surface area (TPSA) is 63.9 Å². The number of fused-ring (bicyclic) bond motifs is 2. The molecule has 3 heterocycles. The third kappa shape index (κ3) is 2.68. The number of thiazole rings is 1. The molecule has 1 aliphatic rings. The fourth-order valence-electron chi connectivity index (χ4n) is 3.47. The molecule has 134 valence electrons. The molecular formula is C19H19N3O3S. The maximum absolute atomic E-state index is 13.4. The minimum atomic E-state index is -0.624. The zero-order valence-electron chi connectivity index (χ0n) is 14.6. The Kier molecular flexibility index (Phi) is 4.24. The maximum Gasteiger partial charge on any atom is 0.329 e. The Morgan fingerprint density at radius 3 is 2.85 bits per heavy atom. The minimum Gasteiger partial charge on any atom is -0.464 e. The second kappa shape index (κ2) is 6.57. The van der Waals surface area contributed by atoms with Gasteiger partial charge in [0.05, 0.1) is 12.3 Å². The zero-order valence-corrected chi connectivity index (χ0v) is 15.5. The summed E-state index contributed by atoms with van der Waals surface area (Å²) in [6, 6.07) is 7.29. The Labute approximate surface area is 155 Å². The van der Waals surface area contributed by atoms with Crippen molar-refractivity contribution in [3.8, 4) is 0 Å². The molecule has 0 radical (unpaired) electrons. The third-order valence-corrected chi connectivity index (χ3v) is 5.46. The first-order chi connectivity index (χ1) is 12.6. The lowest BCUT2D eigenvalue weighted by molar-refractivity contribution is -0.149. The van der Waals surface area contributed by atoms with Crippen LogP contribution in [0.15, 0.2) is 35.8 Å². The van der Waals surface area contributed by atoms with Crippen LogP contribution in [0.5, 0.6) is 0 Å². The van der Waals surface area contributed by atoms with Crippen molar-refractivity contribution < 1.29 is 14.3 Å². The normalized spacial score (nSPS) is 16.5. The second-order valence-corrected chi connectivity index (χ2v) is 7.15. The number of carbonyl (C=O) groups excluding carboxylic acids is 2. The molecule has 26 heavy (non-hydrogen) atoms. The molecule has 0 N–H and O–H groups in total.